The van der Waals surface area contributed by atoms with Crippen LogP contribution < -0.4 is 4.74 Å². The first-order valence-electron chi connectivity index (χ1n) is 10.9. The van der Waals surface area contributed by atoms with E-state index < -0.39 is 9.84 Å². The van der Waals surface area contributed by atoms with E-state index >= 15 is 0 Å². The van der Waals surface area contributed by atoms with Crippen molar-refractivity contribution >= 4 is 47.7 Å². The minimum atomic E-state index is -3.52. The summed E-state index contributed by atoms with van der Waals surface area (Å²) in [4.78, 5) is 4.99. The van der Waals surface area contributed by atoms with Crippen LogP contribution in [-0.2, 0) is 14.6 Å². The summed E-state index contributed by atoms with van der Waals surface area (Å²) in [5, 5.41) is 0.718. The Morgan fingerprint density at radius 2 is 1.88 bits per heavy atom. The van der Waals surface area contributed by atoms with Crippen LogP contribution in [0, 0.1) is 5.92 Å². The number of benzene rings is 2. The highest BCUT2D eigenvalue weighted by Gasteiger charge is 2.33. The van der Waals surface area contributed by atoms with Gasteiger partial charge in [0, 0.05) is 30.1 Å². The summed E-state index contributed by atoms with van der Waals surface area (Å²) >= 11 is 3.57. The quantitative estimate of drug-likeness (QED) is 0.347. The van der Waals surface area contributed by atoms with Gasteiger partial charge in [0.05, 0.1) is 40.0 Å². The van der Waals surface area contributed by atoms with Gasteiger partial charge in [-0.1, -0.05) is 30.3 Å². The van der Waals surface area contributed by atoms with Crippen molar-refractivity contribution in [3.63, 3.8) is 0 Å². The van der Waals surface area contributed by atoms with E-state index in [1.165, 1.54) is 6.26 Å². The van der Waals surface area contributed by atoms with E-state index in [1.807, 2.05) is 24.3 Å². The lowest BCUT2D eigenvalue weighted by Gasteiger charge is -2.33. The molecular formula is C25H25BrN2O4S. The van der Waals surface area contributed by atoms with Gasteiger partial charge in [0.1, 0.15) is 5.75 Å². The first-order valence-corrected chi connectivity index (χ1v) is 13.6. The lowest BCUT2D eigenvalue weighted by atomic mass is 9.86. The van der Waals surface area contributed by atoms with Crippen LogP contribution in [0.2, 0.25) is 0 Å². The predicted molar refractivity (Wildman–Crippen MR) is 133 cm³/mol. The van der Waals surface area contributed by atoms with Crippen LogP contribution in [0.3, 0.4) is 0 Å². The second-order valence-corrected chi connectivity index (χ2v) is 11.4. The summed E-state index contributed by atoms with van der Waals surface area (Å²) in [6, 6.07) is 15.6. The van der Waals surface area contributed by atoms with E-state index in [-0.39, 0.29) is 16.9 Å². The van der Waals surface area contributed by atoms with Crippen LogP contribution in [0.4, 0.5) is 0 Å². The zero-order valence-electron chi connectivity index (χ0n) is 18.5. The molecule has 1 unspecified atom stereocenters. The molecule has 172 valence electrons. The summed E-state index contributed by atoms with van der Waals surface area (Å²) in [5.41, 5.74) is 3.36. The number of hydrogen-bond donors (Lipinski definition) is 0. The van der Waals surface area contributed by atoms with Gasteiger partial charge in [-0.3, -0.25) is 4.98 Å². The maximum absolute atomic E-state index is 13.0. The standard InChI is InChI=1S/C25H25BrN2O4S/c1-31-20-8-9-21(33(2,29)30)25-22(20)23-19(14-18(26)15-27-23)28(25)24(16-6-4-3-5-7-16)17-10-12-32-13-11-17/h3-9,14-15,17,24H,10-13H2,1-2H3. The molecule has 2 aromatic carbocycles. The van der Waals surface area contributed by atoms with Crippen LogP contribution in [0.15, 0.2) is 64.1 Å². The molecule has 1 saturated heterocycles. The van der Waals surface area contributed by atoms with Gasteiger partial charge in [-0.15, -0.1) is 0 Å². The van der Waals surface area contributed by atoms with Crippen LogP contribution in [-0.4, -0.2) is 44.5 Å². The number of ether oxygens (including phenoxy) is 2. The van der Waals surface area contributed by atoms with Gasteiger partial charge in [-0.25, -0.2) is 8.42 Å². The fourth-order valence-corrected chi connectivity index (χ4v) is 6.20. The van der Waals surface area contributed by atoms with Crippen molar-refractivity contribution < 1.29 is 17.9 Å². The molecule has 6 nitrogen and oxygen atoms in total. The normalized spacial score (nSPS) is 16.3. The molecule has 4 aromatic rings. The number of methoxy groups -OCH3 is 1. The Morgan fingerprint density at radius 3 is 2.55 bits per heavy atom. The van der Waals surface area contributed by atoms with Gasteiger partial charge in [0.15, 0.2) is 9.84 Å². The maximum atomic E-state index is 13.0. The fourth-order valence-electron chi connectivity index (χ4n) is 5.02. The molecule has 0 radical (unpaired) electrons. The number of pyridine rings is 1. The Balaban J connectivity index is 1.97. The van der Waals surface area contributed by atoms with Crippen molar-refractivity contribution in [1.29, 1.82) is 0 Å². The Bertz CT molecular complexity index is 1430. The molecule has 0 saturated carbocycles. The van der Waals surface area contributed by atoms with Gasteiger partial charge in [-0.2, -0.15) is 0 Å². The van der Waals surface area contributed by atoms with E-state index in [0.717, 1.165) is 39.3 Å². The molecule has 0 amide bonds. The molecule has 3 heterocycles. The summed E-state index contributed by atoms with van der Waals surface area (Å²) in [5.74, 6) is 0.882. The van der Waals surface area contributed by atoms with Crippen LogP contribution in [0.5, 0.6) is 5.75 Å². The summed E-state index contributed by atoms with van der Waals surface area (Å²) in [6.45, 7) is 1.38. The van der Waals surface area contributed by atoms with Gasteiger partial charge in [0.2, 0.25) is 0 Å². The number of rotatable bonds is 5. The van der Waals surface area contributed by atoms with Gasteiger partial charge in [-0.05, 0) is 58.5 Å². The van der Waals surface area contributed by atoms with Crippen molar-refractivity contribution in [2.45, 2.75) is 23.8 Å². The first-order chi connectivity index (χ1) is 15.9. The van der Waals surface area contributed by atoms with E-state index in [9.17, 15) is 8.42 Å². The smallest absolute Gasteiger partial charge is 0.177 e. The first kappa shape index (κ1) is 22.4. The largest absolute Gasteiger partial charge is 0.496 e. The molecule has 0 N–H and O–H groups in total. The molecule has 0 spiro atoms. The molecule has 1 aliphatic heterocycles. The summed E-state index contributed by atoms with van der Waals surface area (Å²) in [7, 11) is -1.92. The lowest BCUT2D eigenvalue weighted by Crippen LogP contribution is -2.27. The molecule has 2 aromatic heterocycles. The van der Waals surface area contributed by atoms with Gasteiger partial charge < -0.3 is 14.0 Å². The molecule has 1 aliphatic rings. The molecule has 0 bridgehead atoms. The Kier molecular flexibility index (Phi) is 5.93. The van der Waals surface area contributed by atoms with Crippen molar-refractivity contribution in [3.05, 3.63) is 64.8 Å². The average Bonchev–Trinajstić information content (AvgIpc) is 3.13. The highest BCUT2D eigenvalue weighted by Crippen LogP contribution is 2.45. The molecule has 1 fully saturated rings. The number of sulfone groups is 1. The van der Waals surface area contributed by atoms with E-state index in [1.54, 1.807) is 25.4 Å². The number of nitrogens with zero attached hydrogens (tertiary/aromatic N) is 2. The maximum Gasteiger partial charge on any atom is 0.177 e. The zero-order chi connectivity index (χ0) is 23.2. The molecule has 1 atom stereocenters. The van der Waals surface area contributed by atoms with E-state index in [4.69, 9.17) is 14.5 Å². The van der Waals surface area contributed by atoms with Crippen molar-refractivity contribution in [2.75, 3.05) is 26.6 Å². The molecular weight excluding hydrogens is 504 g/mol. The molecule has 8 heteroatoms. The number of hydrogen-bond acceptors (Lipinski definition) is 5. The third kappa shape index (κ3) is 3.94. The SMILES string of the molecule is COc1ccc(S(C)(=O)=O)c2c1c1ncc(Br)cc1n2C(c1ccccc1)C1CCOCC1. The zero-order valence-corrected chi connectivity index (χ0v) is 20.9. The summed E-state index contributed by atoms with van der Waals surface area (Å²) in [6.07, 6.45) is 4.77. The highest BCUT2D eigenvalue weighted by molar-refractivity contribution is 9.10. The minimum Gasteiger partial charge on any atom is -0.496 e. The number of halogens is 1. The Labute approximate surface area is 201 Å². The topological polar surface area (TPSA) is 70.4 Å². The Morgan fingerprint density at radius 1 is 1.15 bits per heavy atom. The molecule has 5 rings (SSSR count). The fraction of sp³-hybridized carbons (Fsp3) is 0.320. The van der Waals surface area contributed by atoms with Crippen molar-refractivity contribution in [1.82, 2.24) is 9.55 Å². The second kappa shape index (κ2) is 8.74. The van der Waals surface area contributed by atoms with Gasteiger partial charge in [0.25, 0.3) is 0 Å². The summed E-state index contributed by atoms with van der Waals surface area (Å²) < 4.78 is 40.3. The second-order valence-electron chi connectivity index (χ2n) is 8.46. The van der Waals surface area contributed by atoms with E-state index in [0.29, 0.717) is 24.5 Å². The monoisotopic (exact) mass is 528 g/mol. The van der Waals surface area contributed by atoms with Crippen LogP contribution >= 0.6 is 15.9 Å². The van der Waals surface area contributed by atoms with Gasteiger partial charge >= 0.3 is 0 Å². The van der Waals surface area contributed by atoms with Crippen molar-refractivity contribution in [3.8, 4) is 5.75 Å². The minimum absolute atomic E-state index is 0.0844. The lowest BCUT2D eigenvalue weighted by molar-refractivity contribution is 0.0552. The molecule has 33 heavy (non-hydrogen) atoms. The third-order valence-electron chi connectivity index (χ3n) is 6.43. The average molecular weight is 529 g/mol. The highest BCUT2D eigenvalue weighted by atomic mass is 79.9. The van der Waals surface area contributed by atoms with Crippen molar-refractivity contribution in [2.24, 2.45) is 5.92 Å². The van der Waals surface area contributed by atoms with Crippen LogP contribution in [0.25, 0.3) is 21.9 Å². The number of fused-ring (bicyclic) bond motifs is 3. The molecule has 0 aliphatic carbocycles. The number of aromatic nitrogens is 2. The van der Waals surface area contributed by atoms with E-state index in [2.05, 4.69) is 32.6 Å². The Hall–Kier alpha value is -2.42. The van der Waals surface area contributed by atoms with Crippen LogP contribution in [0.1, 0.15) is 24.4 Å². The predicted octanol–water partition coefficient (Wildman–Crippen LogP) is 5.38. The third-order valence-corrected chi connectivity index (χ3v) is 7.99.